The molecule has 1 aromatic carbocycles. The molecule has 0 aliphatic carbocycles. The average molecular weight is 190 g/mol. The van der Waals surface area contributed by atoms with Crippen molar-refractivity contribution in [3.8, 4) is 5.75 Å². The Bertz CT molecular complexity index is 307. The zero-order valence-corrected chi connectivity index (χ0v) is 9.21. The van der Waals surface area contributed by atoms with Crippen LogP contribution in [0.2, 0.25) is 0 Å². The first kappa shape index (κ1) is 10.8. The molecule has 14 heavy (non-hydrogen) atoms. The number of ether oxygens (including phenoxy) is 1. The zero-order valence-electron chi connectivity index (χ0n) is 9.21. The molecule has 0 heterocycles. The van der Waals surface area contributed by atoms with Gasteiger partial charge in [0.15, 0.2) is 0 Å². The minimum absolute atomic E-state index is 0.174. The zero-order chi connectivity index (χ0) is 10.6. The topological polar surface area (TPSA) is 9.23 Å². The monoisotopic (exact) mass is 190 g/mol. The number of hydrogen-bond acceptors (Lipinski definition) is 1. The molecule has 0 amide bonds. The molecule has 0 unspecified atom stereocenters. The fourth-order valence-corrected chi connectivity index (χ4v) is 1.21. The van der Waals surface area contributed by atoms with Gasteiger partial charge in [-0.3, -0.25) is 0 Å². The van der Waals surface area contributed by atoms with Gasteiger partial charge in [0.25, 0.3) is 0 Å². The van der Waals surface area contributed by atoms with Crippen LogP contribution in [-0.4, -0.2) is 6.61 Å². The van der Waals surface area contributed by atoms with Crippen molar-refractivity contribution in [2.75, 3.05) is 6.61 Å². The lowest BCUT2D eigenvalue weighted by molar-refractivity contribution is 0.362. The Morgan fingerprint density at radius 1 is 1.36 bits per heavy atom. The fourth-order valence-electron chi connectivity index (χ4n) is 1.21. The molecule has 1 rings (SSSR count). The van der Waals surface area contributed by atoms with Crippen molar-refractivity contribution in [1.82, 2.24) is 0 Å². The predicted octanol–water partition coefficient (Wildman–Crippen LogP) is 3.55. The summed E-state index contributed by atoms with van der Waals surface area (Å²) < 4.78 is 5.47. The first-order chi connectivity index (χ1) is 6.54. The van der Waals surface area contributed by atoms with Crippen molar-refractivity contribution in [3.05, 3.63) is 42.5 Å². The van der Waals surface area contributed by atoms with E-state index in [0.29, 0.717) is 6.61 Å². The highest BCUT2D eigenvalue weighted by atomic mass is 16.5. The number of hydrogen-bond donors (Lipinski definition) is 0. The molecule has 0 aromatic heterocycles. The Morgan fingerprint density at radius 3 is 2.64 bits per heavy atom. The molecule has 0 saturated heterocycles. The van der Waals surface area contributed by atoms with Crippen molar-refractivity contribution in [3.63, 3.8) is 0 Å². The molecule has 1 nitrogen and oxygen atoms in total. The molecule has 0 fully saturated rings. The van der Waals surface area contributed by atoms with E-state index in [0.717, 1.165) is 5.75 Å². The standard InChI is InChI=1S/C13H18O/c1-5-9-14-12-8-6-7-11(10-12)13(2,3)4/h5-8,10H,1,9H2,2-4H3. The summed E-state index contributed by atoms with van der Waals surface area (Å²) in [6, 6.07) is 8.21. The van der Waals surface area contributed by atoms with Crippen LogP contribution in [-0.2, 0) is 5.41 Å². The summed E-state index contributed by atoms with van der Waals surface area (Å²) in [7, 11) is 0. The maximum atomic E-state index is 5.47. The minimum atomic E-state index is 0.174. The van der Waals surface area contributed by atoms with E-state index in [1.165, 1.54) is 5.56 Å². The van der Waals surface area contributed by atoms with Gasteiger partial charge in [0.05, 0.1) is 0 Å². The van der Waals surface area contributed by atoms with Crippen molar-refractivity contribution in [2.45, 2.75) is 26.2 Å². The molecule has 1 heteroatoms. The summed E-state index contributed by atoms with van der Waals surface area (Å²) in [4.78, 5) is 0. The normalized spacial score (nSPS) is 11.1. The Hall–Kier alpha value is -1.24. The van der Waals surface area contributed by atoms with Crippen LogP contribution < -0.4 is 4.74 Å². The molecule has 76 valence electrons. The van der Waals surface area contributed by atoms with Gasteiger partial charge in [0.1, 0.15) is 12.4 Å². The van der Waals surface area contributed by atoms with Crippen molar-refractivity contribution >= 4 is 0 Å². The van der Waals surface area contributed by atoms with E-state index in [2.05, 4.69) is 39.5 Å². The van der Waals surface area contributed by atoms with Gasteiger partial charge in [0.2, 0.25) is 0 Å². The van der Waals surface area contributed by atoms with E-state index in [1.54, 1.807) is 6.08 Å². The van der Waals surface area contributed by atoms with Crippen LogP contribution in [0.1, 0.15) is 26.3 Å². The summed E-state index contributed by atoms with van der Waals surface area (Å²) in [5.41, 5.74) is 1.46. The van der Waals surface area contributed by atoms with Gasteiger partial charge in [-0.1, -0.05) is 45.6 Å². The second-order valence-electron chi connectivity index (χ2n) is 4.38. The Labute approximate surface area is 86.4 Å². The third-order valence-corrected chi connectivity index (χ3v) is 2.07. The summed E-state index contributed by atoms with van der Waals surface area (Å²) in [5.74, 6) is 0.914. The van der Waals surface area contributed by atoms with Gasteiger partial charge >= 0.3 is 0 Å². The Balaban J connectivity index is 2.84. The molecular formula is C13H18O. The molecule has 0 bridgehead atoms. The van der Waals surface area contributed by atoms with E-state index >= 15 is 0 Å². The quantitative estimate of drug-likeness (QED) is 0.662. The minimum Gasteiger partial charge on any atom is -0.490 e. The molecule has 1 aromatic rings. The predicted molar refractivity (Wildman–Crippen MR) is 60.8 cm³/mol. The molecule has 0 saturated carbocycles. The summed E-state index contributed by atoms with van der Waals surface area (Å²) in [6.45, 7) is 10.8. The van der Waals surface area contributed by atoms with Gasteiger partial charge in [-0.2, -0.15) is 0 Å². The Morgan fingerprint density at radius 2 is 2.07 bits per heavy atom. The van der Waals surface area contributed by atoms with Crippen LogP contribution in [0.15, 0.2) is 36.9 Å². The molecule has 0 aliphatic heterocycles. The summed E-state index contributed by atoms with van der Waals surface area (Å²) >= 11 is 0. The largest absolute Gasteiger partial charge is 0.490 e. The van der Waals surface area contributed by atoms with E-state index in [-0.39, 0.29) is 5.41 Å². The van der Waals surface area contributed by atoms with E-state index in [9.17, 15) is 0 Å². The van der Waals surface area contributed by atoms with Crippen LogP contribution in [0.5, 0.6) is 5.75 Å². The van der Waals surface area contributed by atoms with Gasteiger partial charge < -0.3 is 4.74 Å². The van der Waals surface area contributed by atoms with E-state index in [4.69, 9.17) is 4.74 Å². The number of benzene rings is 1. The highest BCUT2D eigenvalue weighted by molar-refractivity contribution is 5.32. The number of rotatable bonds is 3. The average Bonchev–Trinajstić information content (AvgIpc) is 2.14. The Kier molecular flexibility index (Phi) is 3.34. The maximum absolute atomic E-state index is 5.47. The van der Waals surface area contributed by atoms with Crippen molar-refractivity contribution < 1.29 is 4.74 Å². The maximum Gasteiger partial charge on any atom is 0.120 e. The smallest absolute Gasteiger partial charge is 0.120 e. The highest BCUT2D eigenvalue weighted by Crippen LogP contribution is 2.25. The third kappa shape index (κ3) is 2.91. The third-order valence-electron chi connectivity index (χ3n) is 2.07. The van der Waals surface area contributed by atoms with E-state index in [1.807, 2.05) is 12.1 Å². The summed E-state index contributed by atoms with van der Waals surface area (Å²) in [5, 5.41) is 0. The van der Waals surface area contributed by atoms with Crippen LogP contribution in [0.25, 0.3) is 0 Å². The summed E-state index contributed by atoms with van der Waals surface area (Å²) in [6.07, 6.45) is 1.75. The van der Waals surface area contributed by atoms with Crippen LogP contribution in [0.4, 0.5) is 0 Å². The molecule has 0 radical (unpaired) electrons. The van der Waals surface area contributed by atoms with Gasteiger partial charge in [0, 0.05) is 0 Å². The first-order valence-electron chi connectivity index (χ1n) is 4.88. The second kappa shape index (κ2) is 4.32. The molecular weight excluding hydrogens is 172 g/mol. The molecule has 0 spiro atoms. The van der Waals surface area contributed by atoms with Crippen molar-refractivity contribution in [2.24, 2.45) is 0 Å². The SMILES string of the molecule is C=CCOc1cccc(C(C)(C)C)c1. The van der Waals surface area contributed by atoms with Gasteiger partial charge in [-0.15, -0.1) is 0 Å². The fraction of sp³-hybridized carbons (Fsp3) is 0.385. The van der Waals surface area contributed by atoms with Gasteiger partial charge in [-0.25, -0.2) is 0 Å². The highest BCUT2D eigenvalue weighted by Gasteiger charge is 2.13. The van der Waals surface area contributed by atoms with Crippen LogP contribution in [0.3, 0.4) is 0 Å². The van der Waals surface area contributed by atoms with E-state index < -0.39 is 0 Å². The molecule has 0 N–H and O–H groups in total. The van der Waals surface area contributed by atoms with Gasteiger partial charge in [-0.05, 0) is 23.1 Å². The lowest BCUT2D eigenvalue weighted by Crippen LogP contribution is -2.10. The van der Waals surface area contributed by atoms with Crippen molar-refractivity contribution in [1.29, 1.82) is 0 Å². The molecule has 0 atom stereocenters. The second-order valence-corrected chi connectivity index (χ2v) is 4.38. The lowest BCUT2D eigenvalue weighted by Gasteiger charge is -2.19. The van der Waals surface area contributed by atoms with Crippen LogP contribution >= 0.6 is 0 Å². The van der Waals surface area contributed by atoms with Crippen LogP contribution in [0, 0.1) is 0 Å². The lowest BCUT2D eigenvalue weighted by atomic mass is 9.87. The molecule has 0 aliphatic rings. The first-order valence-corrected chi connectivity index (χ1v) is 4.88.